The van der Waals surface area contributed by atoms with Gasteiger partial charge in [-0.3, -0.25) is 9.69 Å². The van der Waals surface area contributed by atoms with Crippen LogP contribution in [-0.4, -0.2) is 47.4 Å². The summed E-state index contributed by atoms with van der Waals surface area (Å²) in [4.78, 5) is 21.6. The SMILES string of the molecule is Cc1ccc(CN(C)CC(=O)N2CCC[C@@H](c3nc4ccccc4s3)C2)o1. The average molecular weight is 384 g/mol. The zero-order valence-corrected chi connectivity index (χ0v) is 16.7. The maximum absolute atomic E-state index is 12.8. The zero-order chi connectivity index (χ0) is 18.8. The third-order valence-corrected chi connectivity index (χ3v) is 6.26. The molecule has 142 valence electrons. The second-order valence-electron chi connectivity index (χ2n) is 7.38. The summed E-state index contributed by atoms with van der Waals surface area (Å²) in [6.45, 7) is 4.60. The number of likely N-dealkylation sites (N-methyl/N-ethyl adjacent to an activating group) is 1. The van der Waals surface area contributed by atoms with Crippen molar-refractivity contribution < 1.29 is 9.21 Å². The van der Waals surface area contributed by atoms with Gasteiger partial charge in [-0.05, 0) is 51.1 Å². The third kappa shape index (κ3) is 4.22. The van der Waals surface area contributed by atoms with Crippen molar-refractivity contribution in [2.24, 2.45) is 0 Å². The van der Waals surface area contributed by atoms with E-state index in [2.05, 4.69) is 18.2 Å². The Kier molecular flexibility index (Phi) is 5.27. The summed E-state index contributed by atoms with van der Waals surface area (Å²) in [7, 11) is 1.96. The molecule has 0 N–H and O–H groups in total. The number of hydrogen-bond donors (Lipinski definition) is 0. The number of piperidine rings is 1. The highest BCUT2D eigenvalue weighted by Crippen LogP contribution is 2.33. The number of furan rings is 1. The van der Waals surface area contributed by atoms with Crippen molar-refractivity contribution in [2.75, 3.05) is 26.7 Å². The number of benzene rings is 1. The lowest BCUT2D eigenvalue weighted by molar-refractivity contribution is -0.133. The van der Waals surface area contributed by atoms with Gasteiger partial charge in [-0.1, -0.05) is 12.1 Å². The number of thiazole rings is 1. The number of hydrogen-bond acceptors (Lipinski definition) is 5. The molecule has 1 aliphatic heterocycles. The van der Waals surface area contributed by atoms with Gasteiger partial charge in [0.15, 0.2) is 0 Å². The van der Waals surface area contributed by atoms with Crippen LogP contribution >= 0.6 is 11.3 Å². The quantitative estimate of drug-likeness (QED) is 0.667. The fraction of sp³-hybridized carbons (Fsp3) is 0.429. The smallest absolute Gasteiger partial charge is 0.236 e. The van der Waals surface area contributed by atoms with Crippen LogP contribution in [0, 0.1) is 6.92 Å². The second-order valence-corrected chi connectivity index (χ2v) is 8.45. The van der Waals surface area contributed by atoms with Gasteiger partial charge in [0.1, 0.15) is 11.5 Å². The lowest BCUT2D eigenvalue weighted by atomic mass is 9.98. The average Bonchev–Trinajstić information content (AvgIpc) is 3.27. The minimum atomic E-state index is 0.187. The van der Waals surface area contributed by atoms with E-state index in [1.165, 1.54) is 4.70 Å². The fourth-order valence-corrected chi connectivity index (χ4v) is 4.79. The van der Waals surface area contributed by atoms with E-state index >= 15 is 0 Å². The van der Waals surface area contributed by atoms with Crippen LogP contribution in [-0.2, 0) is 11.3 Å². The van der Waals surface area contributed by atoms with Gasteiger partial charge >= 0.3 is 0 Å². The normalized spacial score (nSPS) is 17.7. The largest absolute Gasteiger partial charge is 0.465 e. The molecule has 1 fully saturated rings. The maximum Gasteiger partial charge on any atom is 0.236 e. The van der Waals surface area contributed by atoms with Gasteiger partial charge in [-0.15, -0.1) is 11.3 Å². The van der Waals surface area contributed by atoms with Crippen LogP contribution in [0.15, 0.2) is 40.8 Å². The number of nitrogens with zero attached hydrogens (tertiary/aromatic N) is 3. The van der Waals surface area contributed by atoms with Gasteiger partial charge in [0.2, 0.25) is 5.91 Å². The summed E-state index contributed by atoms with van der Waals surface area (Å²) in [6.07, 6.45) is 2.14. The van der Waals surface area contributed by atoms with Gasteiger partial charge in [-0.25, -0.2) is 4.98 Å². The molecule has 6 heteroatoms. The standard InChI is InChI=1S/C21H25N3O2S/c1-15-9-10-17(26-15)13-23(2)14-20(25)24-11-5-6-16(12-24)21-22-18-7-3-4-8-19(18)27-21/h3-4,7-10,16H,5-6,11-14H2,1-2H3/t16-/m1/s1. The predicted octanol–water partition coefficient (Wildman–Crippen LogP) is 4.04. The summed E-state index contributed by atoms with van der Waals surface area (Å²) in [5.41, 5.74) is 1.06. The Balaban J connectivity index is 1.37. The molecule has 1 aromatic carbocycles. The molecule has 0 saturated carbocycles. The van der Waals surface area contributed by atoms with Crippen LogP contribution in [0.1, 0.15) is 35.3 Å². The van der Waals surface area contributed by atoms with Gasteiger partial charge in [0.05, 0.1) is 28.3 Å². The third-order valence-electron chi connectivity index (χ3n) is 5.06. The number of amides is 1. The van der Waals surface area contributed by atoms with Gasteiger partial charge < -0.3 is 9.32 Å². The van der Waals surface area contributed by atoms with Crippen molar-refractivity contribution in [1.29, 1.82) is 0 Å². The number of para-hydroxylation sites is 1. The summed E-state index contributed by atoms with van der Waals surface area (Å²) in [5.74, 6) is 2.33. The molecule has 3 heterocycles. The number of rotatable bonds is 5. The van der Waals surface area contributed by atoms with Crippen molar-refractivity contribution in [2.45, 2.75) is 32.2 Å². The first-order valence-corrected chi connectivity index (χ1v) is 10.3. The predicted molar refractivity (Wildman–Crippen MR) is 108 cm³/mol. The highest BCUT2D eigenvalue weighted by molar-refractivity contribution is 7.18. The van der Waals surface area contributed by atoms with Crippen molar-refractivity contribution in [3.63, 3.8) is 0 Å². The van der Waals surface area contributed by atoms with Crippen LogP contribution in [0.2, 0.25) is 0 Å². The van der Waals surface area contributed by atoms with E-state index < -0.39 is 0 Å². The van der Waals surface area contributed by atoms with Gasteiger partial charge in [0.25, 0.3) is 0 Å². The van der Waals surface area contributed by atoms with E-state index in [0.717, 1.165) is 48.0 Å². The summed E-state index contributed by atoms with van der Waals surface area (Å²) >= 11 is 1.76. The molecule has 3 aromatic rings. The molecule has 1 aliphatic rings. The van der Waals surface area contributed by atoms with Crippen molar-refractivity contribution >= 4 is 27.5 Å². The molecule has 1 saturated heterocycles. The van der Waals surface area contributed by atoms with Gasteiger partial charge in [-0.2, -0.15) is 0 Å². The van der Waals surface area contributed by atoms with Gasteiger partial charge in [0, 0.05) is 19.0 Å². The number of aryl methyl sites for hydroxylation is 1. The fourth-order valence-electron chi connectivity index (χ4n) is 3.69. The molecule has 1 amide bonds. The lowest BCUT2D eigenvalue weighted by Gasteiger charge is -2.33. The van der Waals surface area contributed by atoms with E-state index in [1.54, 1.807) is 11.3 Å². The van der Waals surface area contributed by atoms with Crippen LogP contribution < -0.4 is 0 Å². The Morgan fingerprint density at radius 2 is 2.19 bits per heavy atom. The molecule has 1 atom stereocenters. The van der Waals surface area contributed by atoms with Crippen molar-refractivity contribution in [1.82, 2.24) is 14.8 Å². The number of likely N-dealkylation sites (tertiary alicyclic amines) is 1. The number of fused-ring (bicyclic) bond motifs is 1. The summed E-state index contributed by atoms with van der Waals surface area (Å²) < 4.78 is 6.84. The van der Waals surface area contributed by atoms with Crippen LogP contribution in [0.3, 0.4) is 0 Å². The Labute approximate surface area is 163 Å². The highest BCUT2D eigenvalue weighted by atomic mass is 32.1. The Morgan fingerprint density at radius 1 is 1.33 bits per heavy atom. The topological polar surface area (TPSA) is 49.6 Å². The molecule has 0 unspecified atom stereocenters. The Bertz CT molecular complexity index is 899. The molecular formula is C21H25N3O2S. The van der Waals surface area contributed by atoms with E-state index in [0.29, 0.717) is 19.0 Å². The Morgan fingerprint density at radius 3 is 2.96 bits per heavy atom. The molecule has 5 nitrogen and oxygen atoms in total. The highest BCUT2D eigenvalue weighted by Gasteiger charge is 2.27. The summed E-state index contributed by atoms with van der Waals surface area (Å²) in [5, 5.41) is 1.16. The molecule has 0 spiro atoms. The Hall–Kier alpha value is -2.18. The van der Waals surface area contributed by atoms with E-state index in [-0.39, 0.29) is 5.91 Å². The van der Waals surface area contributed by atoms with Crippen LogP contribution in [0.4, 0.5) is 0 Å². The van der Waals surface area contributed by atoms with E-state index in [4.69, 9.17) is 9.40 Å². The van der Waals surface area contributed by atoms with Crippen LogP contribution in [0.5, 0.6) is 0 Å². The second kappa shape index (κ2) is 7.82. The first kappa shape index (κ1) is 18.2. The van der Waals surface area contributed by atoms with Crippen molar-refractivity contribution in [3.05, 3.63) is 52.9 Å². The molecule has 27 heavy (non-hydrogen) atoms. The first-order valence-electron chi connectivity index (χ1n) is 9.45. The molecule has 0 aliphatic carbocycles. The molecule has 2 aromatic heterocycles. The summed E-state index contributed by atoms with van der Waals surface area (Å²) in [6, 6.07) is 12.2. The molecule has 4 rings (SSSR count). The lowest BCUT2D eigenvalue weighted by Crippen LogP contribution is -2.43. The molecule has 0 bridgehead atoms. The minimum Gasteiger partial charge on any atom is -0.465 e. The number of carbonyl (C=O) groups is 1. The first-order chi connectivity index (χ1) is 13.1. The monoisotopic (exact) mass is 383 g/mol. The number of aromatic nitrogens is 1. The minimum absolute atomic E-state index is 0.187. The maximum atomic E-state index is 12.8. The number of carbonyl (C=O) groups excluding carboxylic acids is 1. The van der Waals surface area contributed by atoms with Crippen LogP contribution in [0.25, 0.3) is 10.2 Å². The molecule has 0 radical (unpaired) electrons. The van der Waals surface area contributed by atoms with Crippen molar-refractivity contribution in [3.8, 4) is 0 Å². The zero-order valence-electron chi connectivity index (χ0n) is 15.9. The van der Waals surface area contributed by atoms with E-state index in [1.807, 2.05) is 42.0 Å². The molecular weight excluding hydrogens is 358 g/mol. The van der Waals surface area contributed by atoms with E-state index in [9.17, 15) is 4.79 Å².